The van der Waals surface area contributed by atoms with Crippen molar-refractivity contribution in [2.75, 3.05) is 40.5 Å². The maximum Gasteiger partial charge on any atom is 0.337 e. The Morgan fingerprint density at radius 1 is 1.09 bits per heavy atom. The first-order valence-corrected chi connectivity index (χ1v) is 10.8. The van der Waals surface area contributed by atoms with Gasteiger partial charge in [0.05, 0.1) is 45.0 Å². The number of carbonyl (C=O) groups excluding carboxylic acids is 3. The largest absolute Gasteiger partial charge is 0.508 e. The number of ketones is 1. The van der Waals surface area contributed by atoms with Crippen LogP contribution in [-0.4, -0.2) is 68.3 Å². The van der Waals surface area contributed by atoms with Crippen LogP contribution in [-0.2, 0) is 19.0 Å². The van der Waals surface area contributed by atoms with Gasteiger partial charge >= 0.3 is 11.9 Å². The number of aromatic hydroxyl groups is 1. The van der Waals surface area contributed by atoms with Crippen LogP contribution in [0.5, 0.6) is 11.5 Å². The number of Topliss-reactive ketones (excluding diaryl/α,β-unsaturated/α-hetero) is 1. The molecule has 1 fully saturated rings. The average Bonchev–Trinajstić information content (AvgIpc) is 3.17. The molecule has 2 aliphatic rings. The molecule has 0 saturated carbocycles. The molecule has 4 rings (SSSR count). The molecule has 178 valence electrons. The number of benzene rings is 2. The van der Waals surface area contributed by atoms with Crippen LogP contribution < -0.4 is 4.74 Å². The monoisotopic (exact) mass is 467 g/mol. The number of hydrogen-bond acceptors (Lipinski definition) is 9. The molecule has 1 saturated heterocycles. The van der Waals surface area contributed by atoms with Crippen LogP contribution in [0.2, 0.25) is 0 Å². The molecule has 0 bridgehead atoms. The zero-order valence-corrected chi connectivity index (χ0v) is 18.9. The van der Waals surface area contributed by atoms with E-state index < -0.39 is 17.9 Å². The molecule has 9 heteroatoms. The first-order chi connectivity index (χ1) is 16.4. The van der Waals surface area contributed by atoms with Crippen molar-refractivity contribution in [2.24, 2.45) is 0 Å². The smallest absolute Gasteiger partial charge is 0.337 e. The number of hydrogen-bond donors (Lipinski definition) is 1. The number of methoxy groups -OCH3 is 2. The van der Waals surface area contributed by atoms with Gasteiger partial charge in [0.1, 0.15) is 11.5 Å². The van der Waals surface area contributed by atoms with Crippen molar-refractivity contribution in [1.82, 2.24) is 4.90 Å². The second-order valence-corrected chi connectivity index (χ2v) is 7.89. The third-order valence-corrected chi connectivity index (χ3v) is 5.88. The molecule has 1 N–H and O–H groups in total. The van der Waals surface area contributed by atoms with E-state index in [1.165, 1.54) is 26.4 Å². The van der Waals surface area contributed by atoms with E-state index in [4.69, 9.17) is 18.9 Å². The number of allylic oxidation sites excluding steroid dienone is 1. The predicted molar refractivity (Wildman–Crippen MR) is 120 cm³/mol. The molecule has 1 unspecified atom stereocenters. The number of rotatable bonds is 6. The van der Waals surface area contributed by atoms with E-state index in [2.05, 4.69) is 0 Å². The molecule has 0 aliphatic carbocycles. The molecule has 2 aromatic carbocycles. The fraction of sp³-hybridized carbons (Fsp3) is 0.320. The quantitative estimate of drug-likeness (QED) is 0.506. The van der Waals surface area contributed by atoms with E-state index in [-0.39, 0.29) is 29.5 Å². The average molecular weight is 467 g/mol. The Morgan fingerprint density at radius 3 is 2.44 bits per heavy atom. The van der Waals surface area contributed by atoms with Gasteiger partial charge in [-0.3, -0.25) is 9.59 Å². The van der Waals surface area contributed by atoms with E-state index in [0.717, 1.165) is 0 Å². The molecule has 2 heterocycles. The highest BCUT2D eigenvalue weighted by Crippen LogP contribution is 2.46. The maximum atomic E-state index is 13.0. The number of fused-ring (bicyclic) bond motifs is 1. The van der Waals surface area contributed by atoms with E-state index in [0.29, 0.717) is 48.6 Å². The molecule has 9 nitrogen and oxygen atoms in total. The van der Waals surface area contributed by atoms with Gasteiger partial charge in [0, 0.05) is 30.8 Å². The number of phenolic OH excluding ortho intramolecular Hbond substituents is 1. The normalized spacial score (nSPS) is 17.2. The van der Waals surface area contributed by atoms with Crippen LogP contribution in [0.4, 0.5) is 0 Å². The van der Waals surface area contributed by atoms with Gasteiger partial charge in [-0.1, -0.05) is 12.1 Å². The molecule has 0 radical (unpaired) electrons. The lowest BCUT2D eigenvalue weighted by atomic mass is 9.85. The van der Waals surface area contributed by atoms with Crippen LogP contribution in [0, 0.1) is 0 Å². The van der Waals surface area contributed by atoms with Crippen LogP contribution in [0.25, 0.3) is 0 Å². The molecule has 0 amide bonds. The van der Waals surface area contributed by atoms with Crippen LogP contribution in [0.1, 0.15) is 44.2 Å². The Morgan fingerprint density at radius 2 is 1.79 bits per heavy atom. The molecular formula is C25H25NO8. The van der Waals surface area contributed by atoms with E-state index in [1.807, 2.05) is 4.90 Å². The Labute approximate surface area is 196 Å². The van der Waals surface area contributed by atoms with E-state index in [1.54, 1.807) is 30.5 Å². The van der Waals surface area contributed by atoms with Crippen LogP contribution >= 0.6 is 0 Å². The fourth-order valence-corrected chi connectivity index (χ4v) is 4.07. The highest BCUT2D eigenvalue weighted by molar-refractivity contribution is 6.12. The summed E-state index contributed by atoms with van der Waals surface area (Å²) in [6, 6.07) is 9.40. The number of ether oxygens (including phenoxy) is 4. The summed E-state index contributed by atoms with van der Waals surface area (Å²) in [6.45, 7) is 2.37. The summed E-state index contributed by atoms with van der Waals surface area (Å²) in [4.78, 5) is 39.1. The summed E-state index contributed by atoms with van der Waals surface area (Å²) in [6.07, 6.45) is 1.55. The number of esters is 2. The highest BCUT2D eigenvalue weighted by Gasteiger charge is 2.35. The topological polar surface area (TPSA) is 112 Å². The van der Waals surface area contributed by atoms with Crippen molar-refractivity contribution < 1.29 is 38.4 Å². The number of morpholine rings is 1. The summed E-state index contributed by atoms with van der Waals surface area (Å²) >= 11 is 0. The lowest BCUT2D eigenvalue weighted by molar-refractivity contribution is -0.140. The van der Waals surface area contributed by atoms with Gasteiger partial charge in [-0.05, 0) is 29.8 Å². The predicted octanol–water partition coefficient (Wildman–Crippen LogP) is 2.62. The fourth-order valence-electron chi connectivity index (χ4n) is 4.07. The molecule has 0 aromatic heterocycles. The second kappa shape index (κ2) is 9.96. The number of carbonyl (C=O) groups is 3. The second-order valence-electron chi connectivity index (χ2n) is 7.89. The van der Waals surface area contributed by atoms with Gasteiger partial charge in [0.25, 0.3) is 0 Å². The van der Waals surface area contributed by atoms with Crippen molar-refractivity contribution in [1.29, 1.82) is 0 Å². The van der Waals surface area contributed by atoms with Gasteiger partial charge in [-0.25, -0.2) is 4.79 Å². The van der Waals surface area contributed by atoms with Gasteiger partial charge < -0.3 is 29.0 Å². The lowest BCUT2D eigenvalue weighted by Gasteiger charge is -2.25. The van der Waals surface area contributed by atoms with Gasteiger partial charge in [-0.15, -0.1) is 0 Å². The zero-order chi connectivity index (χ0) is 24.2. The van der Waals surface area contributed by atoms with Crippen molar-refractivity contribution in [3.05, 3.63) is 70.6 Å². The van der Waals surface area contributed by atoms with Gasteiger partial charge in [0.15, 0.2) is 5.76 Å². The lowest BCUT2D eigenvalue weighted by Crippen LogP contribution is -2.32. The van der Waals surface area contributed by atoms with Crippen molar-refractivity contribution >= 4 is 17.7 Å². The number of phenols is 1. The molecular weight excluding hydrogens is 442 g/mol. The highest BCUT2D eigenvalue weighted by atomic mass is 16.5. The van der Waals surface area contributed by atoms with Crippen molar-refractivity contribution in [2.45, 2.75) is 12.3 Å². The van der Waals surface area contributed by atoms with Gasteiger partial charge in [-0.2, -0.15) is 0 Å². The first-order valence-electron chi connectivity index (χ1n) is 10.8. The summed E-state index contributed by atoms with van der Waals surface area (Å²) in [7, 11) is 2.57. The maximum absolute atomic E-state index is 13.0. The van der Waals surface area contributed by atoms with Gasteiger partial charge in [0.2, 0.25) is 5.78 Å². The minimum Gasteiger partial charge on any atom is -0.508 e. The van der Waals surface area contributed by atoms with E-state index in [9.17, 15) is 19.5 Å². The number of nitrogens with zero attached hydrogens (tertiary/aromatic N) is 1. The Bertz CT molecular complexity index is 1130. The SMILES string of the molecule is COC(=O)CC(c1ccc(C(=O)OC)cc1)c1c(O)ccc2c1OC(=CN1CCOCC1)C2=O. The third-order valence-electron chi connectivity index (χ3n) is 5.88. The Hall–Kier alpha value is -3.85. The molecule has 1 atom stereocenters. The zero-order valence-electron chi connectivity index (χ0n) is 18.9. The summed E-state index contributed by atoms with van der Waals surface area (Å²) in [5.41, 5.74) is 1.57. The Kier molecular flexibility index (Phi) is 6.83. The molecule has 2 aliphatic heterocycles. The Balaban J connectivity index is 1.75. The summed E-state index contributed by atoms with van der Waals surface area (Å²) < 4.78 is 20.9. The third kappa shape index (κ3) is 4.60. The van der Waals surface area contributed by atoms with Crippen LogP contribution in [0.15, 0.2) is 48.4 Å². The van der Waals surface area contributed by atoms with Crippen molar-refractivity contribution in [3.8, 4) is 11.5 Å². The summed E-state index contributed by atoms with van der Waals surface area (Å²) in [5.74, 6) is -1.77. The minimum atomic E-state index is -0.690. The standard InChI is InChI=1S/C25H25NO8/c1-31-21(28)13-18(15-3-5-16(6-4-15)25(30)32-2)22-19(27)8-7-17-23(29)20(34-24(17)22)14-26-9-11-33-12-10-26/h3-8,14,18,27H,9-13H2,1-2H3. The summed E-state index contributed by atoms with van der Waals surface area (Å²) in [5, 5.41) is 10.8. The van der Waals surface area contributed by atoms with Crippen LogP contribution in [0.3, 0.4) is 0 Å². The first kappa shape index (κ1) is 23.3. The molecule has 0 spiro atoms. The molecule has 34 heavy (non-hydrogen) atoms. The minimum absolute atomic E-state index is 0.113. The van der Waals surface area contributed by atoms with Crippen molar-refractivity contribution in [3.63, 3.8) is 0 Å². The molecule has 2 aromatic rings. The van der Waals surface area contributed by atoms with E-state index >= 15 is 0 Å².